The van der Waals surface area contributed by atoms with E-state index in [1.807, 2.05) is 53.7 Å². The highest BCUT2D eigenvalue weighted by molar-refractivity contribution is 5.72. The first-order chi connectivity index (χ1) is 11.0. The number of hydrogen-bond donors (Lipinski definition) is 0. The summed E-state index contributed by atoms with van der Waals surface area (Å²) in [5.41, 5.74) is -1.39. The van der Waals surface area contributed by atoms with Gasteiger partial charge < -0.3 is 14.2 Å². The molecule has 1 aliphatic rings. The molecule has 1 unspecified atom stereocenters. The first-order valence-corrected chi connectivity index (χ1v) is 8.46. The minimum atomic E-state index is -0.790. The quantitative estimate of drug-likeness (QED) is 0.565. The molecule has 1 rings (SSSR count). The van der Waals surface area contributed by atoms with Crippen molar-refractivity contribution in [3.8, 4) is 0 Å². The van der Waals surface area contributed by atoms with Gasteiger partial charge in [0, 0.05) is 5.92 Å². The maximum absolute atomic E-state index is 12.7. The fraction of sp³-hybridized carbons (Fsp3) is 0.778. The summed E-state index contributed by atoms with van der Waals surface area (Å²) in [6, 6.07) is -0.282. The van der Waals surface area contributed by atoms with Crippen LogP contribution in [-0.2, 0) is 19.0 Å². The zero-order valence-corrected chi connectivity index (χ0v) is 15.9. The molecule has 0 aromatic carbocycles. The number of ether oxygens (including phenoxy) is 3. The minimum Gasteiger partial charge on any atom is -0.466 e. The molecule has 1 heterocycles. The Morgan fingerprint density at radius 3 is 2.50 bits per heavy atom. The van der Waals surface area contributed by atoms with Crippen LogP contribution in [0, 0.1) is 5.92 Å². The van der Waals surface area contributed by atoms with Crippen LogP contribution < -0.4 is 0 Å². The van der Waals surface area contributed by atoms with E-state index in [0.717, 1.165) is 0 Å². The Bertz CT molecular complexity index is 478. The molecule has 138 valence electrons. The van der Waals surface area contributed by atoms with Gasteiger partial charge in [0.05, 0.1) is 25.7 Å². The molecule has 0 saturated carbocycles. The van der Waals surface area contributed by atoms with Crippen LogP contribution in [0.1, 0.15) is 54.9 Å². The van der Waals surface area contributed by atoms with Crippen LogP contribution in [0.5, 0.6) is 0 Å². The summed E-state index contributed by atoms with van der Waals surface area (Å²) in [6.07, 6.45) is 3.56. The Labute approximate surface area is 145 Å². The standard InChI is InChI=1S/C18H31NO5/c1-8-10-13(11-15(20)22-9-2)14-12-23-18(6,7)19(14)16(21)24-17(3,4)5/h8,10,13-14H,9,11-12H2,1-7H3/t13-,14?/m1/s1. The summed E-state index contributed by atoms with van der Waals surface area (Å²) in [7, 11) is 0. The Morgan fingerprint density at radius 2 is 2.00 bits per heavy atom. The van der Waals surface area contributed by atoms with Crippen LogP contribution in [-0.4, -0.2) is 47.5 Å². The number of carbonyl (C=O) groups is 2. The molecule has 0 spiro atoms. The Balaban J connectivity index is 3.03. The largest absolute Gasteiger partial charge is 0.466 e. The van der Waals surface area contributed by atoms with Crippen molar-refractivity contribution < 1.29 is 23.8 Å². The van der Waals surface area contributed by atoms with E-state index in [4.69, 9.17) is 14.2 Å². The Kier molecular flexibility index (Phi) is 6.84. The monoisotopic (exact) mass is 341 g/mol. The zero-order chi connectivity index (χ0) is 18.5. The van der Waals surface area contributed by atoms with Crippen LogP contribution in [0.3, 0.4) is 0 Å². The van der Waals surface area contributed by atoms with E-state index < -0.39 is 17.4 Å². The summed E-state index contributed by atoms with van der Waals surface area (Å²) < 4.78 is 16.4. The predicted molar refractivity (Wildman–Crippen MR) is 91.4 cm³/mol. The summed E-state index contributed by atoms with van der Waals surface area (Å²) in [5, 5.41) is 0. The van der Waals surface area contributed by atoms with Gasteiger partial charge in [-0.1, -0.05) is 12.2 Å². The third kappa shape index (κ3) is 5.51. The molecule has 0 aromatic rings. The molecular weight excluding hydrogens is 310 g/mol. The lowest BCUT2D eigenvalue weighted by Crippen LogP contribution is -2.52. The summed E-state index contributed by atoms with van der Waals surface area (Å²) in [6.45, 7) is 13.5. The van der Waals surface area contributed by atoms with Crippen molar-refractivity contribution in [1.29, 1.82) is 0 Å². The second-order valence-electron chi connectivity index (χ2n) is 7.37. The molecule has 24 heavy (non-hydrogen) atoms. The van der Waals surface area contributed by atoms with Crippen LogP contribution in [0.4, 0.5) is 4.79 Å². The average Bonchev–Trinajstić information content (AvgIpc) is 2.72. The molecule has 1 amide bonds. The fourth-order valence-corrected chi connectivity index (χ4v) is 2.81. The molecule has 0 aromatic heterocycles. The normalized spacial score (nSPS) is 21.8. The molecule has 0 bridgehead atoms. The molecule has 6 heteroatoms. The minimum absolute atomic E-state index is 0.191. The average molecular weight is 341 g/mol. The molecule has 1 fully saturated rings. The van der Waals surface area contributed by atoms with Crippen LogP contribution >= 0.6 is 0 Å². The van der Waals surface area contributed by atoms with Gasteiger partial charge in [-0.2, -0.15) is 0 Å². The van der Waals surface area contributed by atoms with Gasteiger partial charge in [0.2, 0.25) is 0 Å². The number of allylic oxidation sites excluding steroid dienone is 1. The fourth-order valence-electron chi connectivity index (χ4n) is 2.81. The summed E-state index contributed by atoms with van der Waals surface area (Å²) in [4.78, 5) is 26.2. The highest BCUT2D eigenvalue weighted by Crippen LogP contribution is 2.34. The van der Waals surface area contributed by atoms with E-state index in [2.05, 4.69) is 0 Å². The van der Waals surface area contributed by atoms with Crippen molar-refractivity contribution in [3.63, 3.8) is 0 Å². The lowest BCUT2D eigenvalue weighted by Gasteiger charge is -2.37. The lowest BCUT2D eigenvalue weighted by molar-refractivity contribution is -0.144. The van der Waals surface area contributed by atoms with Gasteiger partial charge in [0.1, 0.15) is 11.3 Å². The van der Waals surface area contributed by atoms with E-state index in [1.54, 1.807) is 11.8 Å². The highest BCUT2D eigenvalue weighted by Gasteiger charge is 2.48. The number of amides is 1. The molecular formula is C18H31NO5. The molecule has 6 nitrogen and oxygen atoms in total. The van der Waals surface area contributed by atoms with Crippen molar-refractivity contribution in [3.05, 3.63) is 12.2 Å². The smallest absolute Gasteiger partial charge is 0.412 e. The number of nitrogens with zero attached hydrogens (tertiary/aromatic N) is 1. The highest BCUT2D eigenvalue weighted by atomic mass is 16.6. The van der Waals surface area contributed by atoms with E-state index in [1.165, 1.54) is 0 Å². The van der Waals surface area contributed by atoms with Gasteiger partial charge in [-0.3, -0.25) is 9.69 Å². The number of carbonyl (C=O) groups excluding carboxylic acids is 2. The second kappa shape index (κ2) is 8.01. The van der Waals surface area contributed by atoms with Gasteiger partial charge in [0.15, 0.2) is 0 Å². The SMILES string of the molecule is CC=C[C@H](CC(=O)OCC)C1COC(C)(C)N1C(=O)OC(C)(C)C. The molecule has 0 N–H and O–H groups in total. The number of rotatable bonds is 5. The van der Waals surface area contributed by atoms with Crippen molar-refractivity contribution in [2.24, 2.45) is 5.92 Å². The summed E-state index contributed by atoms with van der Waals surface area (Å²) >= 11 is 0. The van der Waals surface area contributed by atoms with Gasteiger partial charge in [-0.05, 0) is 48.5 Å². The van der Waals surface area contributed by atoms with Gasteiger partial charge in [-0.25, -0.2) is 4.79 Å². The molecule has 0 radical (unpaired) electrons. The van der Waals surface area contributed by atoms with Crippen LogP contribution in [0.15, 0.2) is 12.2 Å². The maximum Gasteiger partial charge on any atom is 0.412 e. The molecule has 2 atom stereocenters. The third-order valence-electron chi connectivity index (χ3n) is 3.75. The van der Waals surface area contributed by atoms with Gasteiger partial charge >= 0.3 is 12.1 Å². The Hall–Kier alpha value is -1.56. The van der Waals surface area contributed by atoms with E-state index in [9.17, 15) is 9.59 Å². The van der Waals surface area contributed by atoms with E-state index in [0.29, 0.717) is 13.2 Å². The maximum atomic E-state index is 12.7. The first-order valence-electron chi connectivity index (χ1n) is 8.46. The van der Waals surface area contributed by atoms with Gasteiger partial charge in [0.25, 0.3) is 0 Å². The Morgan fingerprint density at radius 1 is 1.38 bits per heavy atom. The molecule has 1 aliphatic heterocycles. The predicted octanol–water partition coefficient (Wildman–Crippen LogP) is 3.50. The molecule has 1 saturated heterocycles. The number of esters is 1. The summed E-state index contributed by atoms with van der Waals surface area (Å²) in [5.74, 6) is -0.474. The van der Waals surface area contributed by atoms with Crippen molar-refractivity contribution >= 4 is 12.1 Å². The van der Waals surface area contributed by atoms with Gasteiger partial charge in [-0.15, -0.1) is 0 Å². The second-order valence-corrected chi connectivity index (χ2v) is 7.37. The topological polar surface area (TPSA) is 65.1 Å². The zero-order valence-electron chi connectivity index (χ0n) is 15.9. The first kappa shape index (κ1) is 20.5. The van der Waals surface area contributed by atoms with Crippen molar-refractivity contribution in [1.82, 2.24) is 4.90 Å². The van der Waals surface area contributed by atoms with Crippen LogP contribution in [0.2, 0.25) is 0 Å². The number of hydrogen-bond acceptors (Lipinski definition) is 5. The third-order valence-corrected chi connectivity index (χ3v) is 3.75. The van der Waals surface area contributed by atoms with Crippen molar-refractivity contribution in [2.75, 3.05) is 13.2 Å². The van der Waals surface area contributed by atoms with E-state index >= 15 is 0 Å². The van der Waals surface area contributed by atoms with Crippen LogP contribution in [0.25, 0.3) is 0 Å². The van der Waals surface area contributed by atoms with Crippen molar-refractivity contribution in [2.45, 2.75) is 72.3 Å². The lowest BCUT2D eigenvalue weighted by atomic mass is 9.94. The molecule has 0 aliphatic carbocycles. The van der Waals surface area contributed by atoms with E-state index in [-0.39, 0.29) is 24.3 Å².